The molecule has 0 aliphatic heterocycles. The molecule has 0 aromatic heterocycles. The molecule has 0 amide bonds. The van der Waals surface area contributed by atoms with Gasteiger partial charge in [-0.15, -0.1) is 0 Å². The van der Waals surface area contributed by atoms with Crippen molar-refractivity contribution in [1.82, 2.24) is 0 Å². The van der Waals surface area contributed by atoms with Gasteiger partial charge in [-0.25, -0.2) is 0 Å². The van der Waals surface area contributed by atoms with Gasteiger partial charge in [0.2, 0.25) is 0 Å². The number of nitrogens with two attached hydrogens (primary N) is 1. The zero-order valence-corrected chi connectivity index (χ0v) is 7.57. The van der Waals surface area contributed by atoms with Crippen LogP contribution in [-0.4, -0.2) is 30.4 Å². The molecule has 13 heavy (non-hydrogen) atoms. The number of hydrogen-bond acceptors (Lipinski definition) is 4. The molecule has 1 aromatic carbocycles. The predicted molar refractivity (Wildman–Crippen MR) is 52.9 cm³/mol. The molecule has 0 fully saturated rings. The number of aromatic hydroxyl groups is 1. The van der Waals surface area contributed by atoms with E-state index in [4.69, 9.17) is 10.8 Å². The average molecular weight is 182 g/mol. The molecule has 0 saturated heterocycles. The van der Waals surface area contributed by atoms with E-state index in [-0.39, 0.29) is 12.4 Å². The number of rotatable bonds is 3. The van der Waals surface area contributed by atoms with E-state index in [0.717, 1.165) is 5.69 Å². The smallest absolute Gasteiger partial charge is 0.140 e. The fourth-order valence-electron chi connectivity index (χ4n) is 1.05. The van der Waals surface area contributed by atoms with Crippen molar-refractivity contribution >= 4 is 11.4 Å². The van der Waals surface area contributed by atoms with Crippen molar-refractivity contribution in [3.05, 3.63) is 18.2 Å². The van der Waals surface area contributed by atoms with Crippen LogP contribution in [0.25, 0.3) is 0 Å². The Bertz CT molecular complexity index is 289. The van der Waals surface area contributed by atoms with Crippen molar-refractivity contribution in [3.8, 4) is 5.75 Å². The Hall–Kier alpha value is -1.42. The van der Waals surface area contributed by atoms with E-state index in [1.165, 1.54) is 0 Å². The number of phenolic OH excluding ortho intramolecular Hbond substituents is 1. The van der Waals surface area contributed by atoms with Crippen LogP contribution in [0.2, 0.25) is 0 Å². The van der Waals surface area contributed by atoms with E-state index in [1.54, 1.807) is 18.2 Å². The molecule has 0 aliphatic rings. The molecule has 0 saturated carbocycles. The number of aliphatic hydroxyl groups is 1. The molecular formula is C9H14N2O2. The summed E-state index contributed by atoms with van der Waals surface area (Å²) in [6, 6.07) is 5.01. The topological polar surface area (TPSA) is 69.7 Å². The van der Waals surface area contributed by atoms with E-state index < -0.39 is 0 Å². The van der Waals surface area contributed by atoms with Crippen molar-refractivity contribution in [1.29, 1.82) is 0 Å². The maximum absolute atomic E-state index is 9.30. The first kappa shape index (κ1) is 9.67. The lowest BCUT2D eigenvalue weighted by molar-refractivity contribution is 0.304. The first-order valence-electron chi connectivity index (χ1n) is 4.05. The van der Waals surface area contributed by atoms with Crippen LogP contribution in [0.3, 0.4) is 0 Å². The van der Waals surface area contributed by atoms with Gasteiger partial charge >= 0.3 is 0 Å². The number of nitrogens with zero attached hydrogens (tertiary/aromatic N) is 1. The van der Waals surface area contributed by atoms with Gasteiger partial charge in [0.1, 0.15) is 5.75 Å². The number of anilines is 2. The van der Waals surface area contributed by atoms with E-state index in [0.29, 0.717) is 12.2 Å². The number of benzene rings is 1. The van der Waals surface area contributed by atoms with Crippen molar-refractivity contribution in [2.45, 2.75) is 0 Å². The second-order valence-corrected chi connectivity index (χ2v) is 2.89. The molecule has 0 unspecified atom stereocenters. The number of likely N-dealkylation sites (N-methyl/N-ethyl adjacent to an activating group) is 1. The molecule has 72 valence electrons. The second kappa shape index (κ2) is 4.00. The average Bonchev–Trinajstić information content (AvgIpc) is 2.10. The summed E-state index contributed by atoms with van der Waals surface area (Å²) in [6.45, 7) is 0.616. The summed E-state index contributed by atoms with van der Waals surface area (Å²) in [7, 11) is 1.83. The highest BCUT2D eigenvalue weighted by molar-refractivity contribution is 5.61. The Kier molecular flexibility index (Phi) is 2.97. The van der Waals surface area contributed by atoms with Crippen LogP contribution in [0.1, 0.15) is 0 Å². The van der Waals surface area contributed by atoms with Crippen molar-refractivity contribution in [3.63, 3.8) is 0 Å². The molecule has 0 spiro atoms. The summed E-state index contributed by atoms with van der Waals surface area (Å²) in [6.07, 6.45) is 0. The summed E-state index contributed by atoms with van der Waals surface area (Å²) in [5.41, 5.74) is 6.64. The molecule has 0 heterocycles. The van der Waals surface area contributed by atoms with Crippen LogP contribution in [0.15, 0.2) is 18.2 Å². The Morgan fingerprint density at radius 2 is 2.15 bits per heavy atom. The Morgan fingerprint density at radius 3 is 2.69 bits per heavy atom. The highest BCUT2D eigenvalue weighted by Gasteiger charge is 2.02. The van der Waals surface area contributed by atoms with Crippen LogP contribution in [0, 0.1) is 0 Å². The van der Waals surface area contributed by atoms with Gasteiger partial charge < -0.3 is 20.8 Å². The molecule has 0 atom stereocenters. The standard InChI is InChI=1S/C9H14N2O2/c1-11(4-5-12)7-2-3-8(10)9(13)6-7/h2-3,6,12-13H,4-5,10H2,1H3. The fraction of sp³-hybridized carbons (Fsp3) is 0.333. The summed E-state index contributed by atoms with van der Waals surface area (Å²) in [5.74, 6) is 0.0716. The van der Waals surface area contributed by atoms with Gasteiger partial charge in [0.15, 0.2) is 0 Å². The molecule has 1 rings (SSSR count). The van der Waals surface area contributed by atoms with Crippen LogP contribution in [0.5, 0.6) is 5.75 Å². The van der Waals surface area contributed by atoms with Crippen molar-refractivity contribution in [2.75, 3.05) is 30.8 Å². The monoisotopic (exact) mass is 182 g/mol. The number of aliphatic hydroxyl groups excluding tert-OH is 1. The first-order chi connectivity index (χ1) is 6.15. The lowest BCUT2D eigenvalue weighted by atomic mass is 10.2. The maximum atomic E-state index is 9.30. The van der Waals surface area contributed by atoms with Gasteiger partial charge in [0.25, 0.3) is 0 Å². The molecule has 1 aromatic rings. The normalized spacial score (nSPS) is 10.0. The highest BCUT2D eigenvalue weighted by atomic mass is 16.3. The SMILES string of the molecule is CN(CCO)c1ccc(N)c(O)c1. The predicted octanol–water partition coefficient (Wildman–Crippen LogP) is 0.403. The third-order valence-corrected chi connectivity index (χ3v) is 1.89. The highest BCUT2D eigenvalue weighted by Crippen LogP contribution is 2.25. The maximum Gasteiger partial charge on any atom is 0.140 e. The number of phenols is 1. The van der Waals surface area contributed by atoms with Gasteiger partial charge in [0, 0.05) is 25.3 Å². The molecule has 0 bridgehead atoms. The van der Waals surface area contributed by atoms with Gasteiger partial charge in [-0.05, 0) is 12.1 Å². The zero-order valence-electron chi connectivity index (χ0n) is 7.57. The summed E-state index contributed by atoms with van der Waals surface area (Å²) in [5, 5.41) is 18.0. The quantitative estimate of drug-likeness (QED) is 0.467. The molecule has 4 N–H and O–H groups in total. The van der Waals surface area contributed by atoms with E-state index >= 15 is 0 Å². The van der Waals surface area contributed by atoms with E-state index in [9.17, 15) is 5.11 Å². The van der Waals surface area contributed by atoms with Gasteiger partial charge in [-0.2, -0.15) is 0 Å². The second-order valence-electron chi connectivity index (χ2n) is 2.89. The Labute approximate surface area is 77.2 Å². The Balaban J connectivity index is 2.84. The Morgan fingerprint density at radius 1 is 1.46 bits per heavy atom. The minimum atomic E-state index is 0.0716. The largest absolute Gasteiger partial charge is 0.506 e. The fourth-order valence-corrected chi connectivity index (χ4v) is 1.05. The summed E-state index contributed by atoms with van der Waals surface area (Å²) < 4.78 is 0. The third kappa shape index (κ3) is 2.26. The molecular weight excluding hydrogens is 168 g/mol. The number of nitrogen functional groups attached to an aromatic ring is 1. The van der Waals surface area contributed by atoms with Crippen LogP contribution >= 0.6 is 0 Å². The van der Waals surface area contributed by atoms with Gasteiger partial charge in [-0.3, -0.25) is 0 Å². The van der Waals surface area contributed by atoms with Crippen LogP contribution in [0.4, 0.5) is 11.4 Å². The van der Waals surface area contributed by atoms with Crippen LogP contribution < -0.4 is 10.6 Å². The van der Waals surface area contributed by atoms with Gasteiger partial charge in [-0.1, -0.05) is 0 Å². The van der Waals surface area contributed by atoms with Crippen LogP contribution in [-0.2, 0) is 0 Å². The lowest BCUT2D eigenvalue weighted by Crippen LogP contribution is -2.20. The third-order valence-electron chi connectivity index (χ3n) is 1.89. The molecule has 4 nitrogen and oxygen atoms in total. The molecule has 0 radical (unpaired) electrons. The van der Waals surface area contributed by atoms with E-state index in [2.05, 4.69) is 0 Å². The number of hydrogen-bond donors (Lipinski definition) is 3. The first-order valence-corrected chi connectivity index (χ1v) is 4.05. The van der Waals surface area contributed by atoms with Gasteiger partial charge in [0.05, 0.1) is 12.3 Å². The zero-order chi connectivity index (χ0) is 9.84. The molecule has 4 heteroatoms. The van der Waals surface area contributed by atoms with Crippen molar-refractivity contribution < 1.29 is 10.2 Å². The summed E-state index contributed by atoms with van der Waals surface area (Å²) >= 11 is 0. The summed E-state index contributed by atoms with van der Waals surface area (Å²) in [4.78, 5) is 1.83. The minimum Gasteiger partial charge on any atom is -0.506 e. The van der Waals surface area contributed by atoms with E-state index in [1.807, 2.05) is 11.9 Å². The molecule has 0 aliphatic carbocycles. The lowest BCUT2D eigenvalue weighted by Gasteiger charge is -2.18. The van der Waals surface area contributed by atoms with Crippen molar-refractivity contribution in [2.24, 2.45) is 0 Å². The minimum absolute atomic E-state index is 0.0716.